The first kappa shape index (κ1) is 12.3. The quantitative estimate of drug-likeness (QED) is 0.837. The Balaban J connectivity index is 2.95. The fraction of sp³-hybridized carbons (Fsp3) is 0.333. The molecule has 0 saturated carbocycles. The summed E-state index contributed by atoms with van der Waals surface area (Å²) >= 11 is 3.11. The Labute approximate surface area is 97.5 Å². The van der Waals surface area contributed by atoms with Crippen LogP contribution in [0.2, 0.25) is 0 Å². The van der Waals surface area contributed by atoms with E-state index in [0.29, 0.717) is 10.9 Å². The molecule has 0 radical (unpaired) electrons. The molecule has 6 heteroatoms. The number of sulfonamides is 1. The summed E-state index contributed by atoms with van der Waals surface area (Å²) in [5.74, 6) is -0.0592. The fourth-order valence-corrected chi connectivity index (χ4v) is 2.59. The number of nitrogens with one attached hydrogen (secondary N) is 1. The monoisotopic (exact) mass is 293 g/mol. The van der Waals surface area contributed by atoms with Gasteiger partial charge < -0.3 is 5.11 Å². The van der Waals surface area contributed by atoms with Gasteiger partial charge in [-0.1, -0.05) is 13.0 Å². The molecule has 4 nitrogen and oxygen atoms in total. The SMILES string of the molecule is CCCS(=O)(=O)Nc1cccc(Br)c1O. The van der Waals surface area contributed by atoms with Gasteiger partial charge >= 0.3 is 0 Å². The van der Waals surface area contributed by atoms with Crippen LogP contribution in [0.4, 0.5) is 5.69 Å². The minimum absolute atomic E-state index is 0.0406. The van der Waals surface area contributed by atoms with E-state index in [2.05, 4.69) is 20.7 Å². The molecule has 1 rings (SSSR count). The first-order valence-corrected chi connectivity index (χ1v) is 6.89. The highest BCUT2D eigenvalue weighted by Crippen LogP contribution is 2.32. The first-order chi connectivity index (χ1) is 6.96. The van der Waals surface area contributed by atoms with Gasteiger partial charge in [0, 0.05) is 0 Å². The van der Waals surface area contributed by atoms with Crippen molar-refractivity contribution in [2.45, 2.75) is 13.3 Å². The number of rotatable bonds is 4. The number of phenolic OH excluding ortho intramolecular Hbond substituents is 1. The minimum atomic E-state index is -3.35. The molecular weight excluding hydrogens is 282 g/mol. The number of hydrogen-bond donors (Lipinski definition) is 2. The zero-order valence-electron chi connectivity index (χ0n) is 8.20. The van der Waals surface area contributed by atoms with Gasteiger partial charge in [-0.2, -0.15) is 0 Å². The minimum Gasteiger partial charge on any atom is -0.505 e. The van der Waals surface area contributed by atoms with Crippen molar-refractivity contribution in [3.05, 3.63) is 22.7 Å². The third-order valence-electron chi connectivity index (χ3n) is 1.73. The van der Waals surface area contributed by atoms with E-state index in [9.17, 15) is 13.5 Å². The van der Waals surface area contributed by atoms with Crippen molar-refractivity contribution >= 4 is 31.6 Å². The molecule has 0 heterocycles. The third-order valence-corrected chi connectivity index (χ3v) is 3.84. The summed E-state index contributed by atoms with van der Waals surface area (Å²) < 4.78 is 25.6. The summed E-state index contributed by atoms with van der Waals surface area (Å²) in [4.78, 5) is 0. The predicted molar refractivity (Wildman–Crippen MR) is 63.5 cm³/mol. The van der Waals surface area contributed by atoms with Gasteiger partial charge in [0.05, 0.1) is 15.9 Å². The van der Waals surface area contributed by atoms with Crippen LogP contribution in [0, 0.1) is 0 Å². The van der Waals surface area contributed by atoms with Crippen LogP contribution < -0.4 is 4.72 Å². The zero-order chi connectivity index (χ0) is 11.5. The maximum absolute atomic E-state index is 11.4. The number of anilines is 1. The number of phenols is 1. The highest BCUT2D eigenvalue weighted by atomic mass is 79.9. The van der Waals surface area contributed by atoms with Crippen LogP contribution in [-0.4, -0.2) is 19.3 Å². The number of benzene rings is 1. The number of halogens is 1. The molecule has 0 saturated heterocycles. The fourth-order valence-electron chi connectivity index (χ4n) is 1.08. The highest BCUT2D eigenvalue weighted by molar-refractivity contribution is 9.10. The first-order valence-electron chi connectivity index (χ1n) is 4.44. The van der Waals surface area contributed by atoms with Gasteiger partial charge in [-0.25, -0.2) is 8.42 Å². The lowest BCUT2D eigenvalue weighted by Crippen LogP contribution is -2.16. The largest absolute Gasteiger partial charge is 0.505 e. The molecule has 0 bridgehead atoms. The lowest BCUT2D eigenvalue weighted by atomic mass is 10.3. The Morgan fingerprint density at radius 3 is 2.73 bits per heavy atom. The van der Waals surface area contributed by atoms with Gasteiger partial charge in [-0.3, -0.25) is 4.72 Å². The molecule has 0 atom stereocenters. The van der Waals surface area contributed by atoms with Crippen LogP contribution in [0.15, 0.2) is 22.7 Å². The Morgan fingerprint density at radius 2 is 2.13 bits per heavy atom. The average molecular weight is 294 g/mol. The van der Waals surface area contributed by atoms with E-state index in [0.717, 1.165) is 0 Å². The topological polar surface area (TPSA) is 66.4 Å². The van der Waals surface area contributed by atoms with Gasteiger partial charge in [0.25, 0.3) is 0 Å². The average Bonchev–Trinajstić information content (AvgIpc) is 2.12. The second-order valence-electron chi connectivity index (χ2n) is 3.06. The van der Waals surface area contributed by atoms with Crippen molar-refractivity contribution in [2.75, 3.05) is 10.5 Å². The highest BCUT2D eigenvalue weighted by Gasteiger charge is 2.12. The molecule has 2 N–H and O–H groups in total. The molecule has 0 fully saturated rings. The predicted octanol–water partition coefficient (Wildman–Crippen LogP) is 2.31. The van der Waals surface area contributed by atoms with E-state index < -0.39 is 10.0 Å². The molecule has 0 amide bonds. The van der Waals surface area contributed by atoms with Gasteiger partial charge in [0.1, 0.15) is 0 Å². The van der Waals surface area contributed by atoms with E-state index in [1.165, 1.54) is 6.07 Å². The molecular formula is C9H12BrNO3S. The number of para-hydroxylation sites is 1. The number of hydrogen-bond acceptors (Lipinski definition) is 3. The van der Waals surface area contributed by atoms with E-state index in [1.807, 2.05) is 0 Å². The van der Waals surface area contributed by atoms with Crippen LogP contribution in [0.5, 0.6) is 5.75 Å². The second kappa shape index (κ2) is 4.85. The van der Waals surface area contributed by atoms with Gasteiger partial charge in [-0.05, 0) is 34.5 Å². The third kappa shape index (κ3) is 3.39. The molecule has 84 valence electrons. The van der Waals surface area contributed by atoms with Gasteiger partial charge in [-0.15, -0.1) is 0 Å². The van der Waals surface area contributed by atoms with E-state index in [-0.39, 0.29) is 17.2 Å². The maximum Gasteiger partial charge on any atom is 0.232 e. The molecule has 1 aromatic rings. The molecule has 0 aliphatic rings. The van der Waals surface area contributed by atoms with Crippen molar-refractivity contribution < 1.29 is 13.5 Å². The van der Waals surface area contributed by atoms with Crippen molar-refractivity contribution in [1.29, 1.82) is 0 Å². The Hall–Kier alpha value is -0.750. The lowest BCUT2D eigenvalue weighted by Gasteiger charge is -2.09. The van der Waals surface area contributed by atoms with Crippen LogP contribution >= 0.6 is 15.9 Å². The van der Waals surface area contributed by atoms with Crippen LogP contribution in [0.3, 0.4) is 0 Å². The molecule has 0 spiro atoms. The summed E-state index contributed by atoms with van der Waals surface area (Å²) in [5, 5.41) is 9.56. The second-order valence-corrected chi connectivity index (χ2v) is 5.75. The standard InChI is InChI=1S/C9H12BrNO3S/c1-2-6-15(13,14)11-8-5-3-4-7(10)9(8)12/h3-5,11-12H,2,6H2,1H3. The Kier molecular flexibility index (Phi) is 3.98. The summed E-state index contributed by atoms with van der Waals surface area (Å²) in [6.07, 6.45) is 0.532. The van der Waals surface area contributed by atoms with Crippen LogP contribution in [0.25, 0.3) is 0 Å². The summed E-state index contributed by atoms with van der Waals surface area (Å²) in [6.45, 7) is 1.78. The van der Waals surface area contributed by atoms with Gasteiger partial charge in [0.2, 0.25) is 10.0 Å². The summed E-state index contributed by atoms with van der Waals surface area (Å²) in [5.41, 5.74) is 0.192. The normalized spacial score (nSPS) is 11.3. The van der Waals surface area contributed by atoms with Crippen molar-refractivity contribution in [3.8, 4) is 5.75 Å². The van der Waals surface area contributed by atoms with Crippen molar-refractivity contribution in [2.24, 2.45) is 0 Å². The van der Waals surface area contributed by atoms with Gasteiger partial charge in [0.15, 0.2) is 5.75 Å². The van der Waals surface area contributed by atoms with E-state index in [1.54, 1.807) is 19.1 Å². The van der Waals surface area contributed by atoms with E-state index in [4.69, 9.17) is 0 Å². The molecule has 1 aromatic carbocycles. The molecule has 0 aliphatic carbocycles. The summed E-state index contributed by atoms with van der Waals surface area (Å²) in [7, 11) is -3.35. The van der Waals surface area contributed by atoms with Crippen LogP contribution in [-0.2, 0) is 10.0 Å². The number of aromatic hydroxyl groups is 1. The molecule has 0 aliphatic heterocycles. The van der Waals surface area contributed by atoms with Crippen molar-refractivity contribution in [1.82, 2.24) is 0 Å². The lowest BCUT2D eigenvalue weighted by molar-refractivity contribution is 0.474. The Morgan fingerprint density at radius 1 is 1.47 bits per heavy atom. The Bertz CT molecular complexity index is 445. The van der Waals surface area contributed by atoms with Crippen molar-refractivity contribution in [3.63, 3.8) is 0 Å². The van der Waals surface area contributed by atoms with Crippen LogP contribution in [0.1, 0.15) is 13.3 Å². The smallest absolute Gasteiger partial charge is 0.232 e. The van der Waals surface area contributed by atoms with E-state index >= 15 is 0 Å². The maximum atomic E-state index is 11.4. The molecule has 0 unspecified atom stereocenters. The molecule has 15 heavy (non-hydrogen) atoms. The summed E-state index contributed by atoms with van der Waals surface area (Å²) in [6, 6.07) is 4.79. The molecule has 0 aromatic heterocycles. The zero-order valence-corrected chi connectivity index (χ0v) is 10.6.